The maximum absolute atomic E-state index is 11.1. The van der Waals surface area contributed by atoms with Gasteiger partial charge in [-0.15, -0.1) is 0 Å². The fraction of sp³-hybridized carbons (Fsp3) is 0. The Morgan fingerprint density at radius 2 is 2.23 bits per heavy atom. The molecule has 13 heavy (non-hydrogen) atoms. The van der Waals surface area contributed by atoms with Crippen LogP contribution in [0.25, 0.3) is 0 Å². The number of benzene rings is 1. The number of thioether (sulfide) groups is 1. The van der Waals surface area contributed by atoms with Crippen LogP contribution >= 0.6 is 23.4 Å². The van der Waals surface area contributed by atoms with E-state index in [1.807, 2.05) is 6.07 Å². The van der Waals surface area contributed by atoms with Gasteiger partial charge in [0.1, 0.15) is 0 Å². The molecule has 1 amide bonds. The van der Waals surface area contributed by atoms with Crippen LogP contribution in [-0.2, 0) is 4.79 Å². The van der Waals surface area contributed by atoms with Gasteiger partial charge in [-0.1, -0.05) is 23.4 Å². The van der Waals surface area contributed by atoms with Crippen LogP contribution in [0.3, 0.4) is 0 Å². The van der Waals surface area contributed by atoms with Crippen LogP contribution in [0.1, 0.15) is 0 Å². The number of anilines is 1. The lowest BCUT2D eigenvalue weighted by molar-refractivity contribution is -0.111. The first-order chi connectivity index (χ1) is 6.25. The van der Waals surface area contributed by atoms with E-state index < -0.39 is 0 Å². The van der Waals surface area contributed by atoms with Crippen molar-refractivity contribution in [2.45, 2.75) is 4.90 Å². The van der Waals surface area contributed by atoms with E-state index in [4.69, 9.17) is 11.6 Å². The summed E-state index contributed by atoms with van der Waals surface area (Å²) in [5, 5.41) is 5.17. The maximum atomic E-state index is 11.1. The van der Waals surface area contributed by atoms with Gasteiger partial charge in [0, 0.05) is 16.0 Å². The summed E-state index contributed by atoms with van der Waals surface area (Å²) in [4.78, 5) is 12.1. The monoisotopic (exact) mass is 211 g/mol. The van der Waals surface area contributed by atoms with Gasteiger partial charge in [-0.25, -0.2) is 0 Å². The summed E-state index contributed by atoms with van der Waals surface area (Å²) in [6.07, 6.45) is 1.50. The second-order valence-electron chi connectivity index (χ2n) is 2.55. The molecule has 1 heterocycles. The van der Waals surface area contributed by atoms with E-state index in [0.29, 0.717) is 5.02 Å². The largest absolute Gasteiger partial charge is 0.321 e. The summed E-state index contributed by atoms with van der Waals surface area (Å²) < 4.78 is 0. The number of nitrogens with one attached hydrogen (secondary N) is 1. The highest BCUT2D eigenvalue weighted by atomic mass is 35.5. The van der Waals surface area contributed by atoms with Crippen LogP contribution in [-0.4, -0.2) is 5.91 Å². The molecule has 0 saturated heterocycles. The molecule has 0 atom stereocenters. The summed E-state index contributed by atoms with van der Waals surface area (Å²) in [7, 11) is 0. The summed E-state index contributed by atoms with van der Waals surface area (Å²) in [5.74, 6) is -0.103. The third-order valence-corrected chi connectivity index (χ3v) is 2.71. The Morgan fingerprint density at radius 1 is 1.38 bits per heavy atom. The van der Waals surface area contributed by atoms with E-state index in [9.17, 15) is 4.79 Å². The van der Waals surface area contributed by atoms with Crippen LogP contribution < -0.4 is 5.32 Å². The van der Waals surface area contributed by atoms with Crippen LogP contribution in [0.15, 0.2) is 34.6 Å². The third kappa shape index (κ3) is 1.87. The van der Waals surface area contributed by atoms with Gasteiger partial charge in [-0.05, 0) is 23.6 Å². The molecule has 2 rings (SSSR count). The van der Waals surface area contributed by atoms with E-state index in [2.05, 4.69) is 5.32 Å². The van der Waals surface area contributed by atoms with Crippen molar-refractivity contribution in [3.8, 4) is 0 Å². The zero-order chi connectivity index (χ0) is 9.26. The average molecular weight is 212 g/mol. The molecule has 1 aromatic carbocycles. The molecular formula is C9H6ClNOS. The highest BCUT2D eigenvalue weighted by molar-refractivity contribution is 8.02. The molecule has 1 aromatic rings. The van der Waals surface area contributed by atoms with Crippen molar-refractivity contribution in [2.24, 2.45) is 0 Å². The van der Waals surface area contributed by atoms with Crippen molar-refractivity contribution >= 4 is 35.0 Å². The fourth-order valence-electron chi connectivity index (χ4n) is 1.04. The van der Waals surface area contributed by atoms with Crippen molar-refractivity contribution < 1.29 is 4.79 Å². The Balaban J connectivity index is 2.46. The number of hydrogen-bond acceptors (Lipinski definition) is 2. The zero-order valence-electron chi connectivity index (χ0n) is 6.58. The van der Waals surface area contributed by atoms with Gasteiger partial charge in [0.25, 0.3) is 0 Å². The number of fused-ring (bicyclic) bond motifs is 1. The molecule has 66 valence electrons. The quantitative estimate of drug-likeness (QED) is 0.715. The number of carbonyl (C=O) groups is 1. The Bertz CT molecular complexity index is 389. The first-order valence-corrected chi connectivity index (χ1v) is 4.95. The maximum Gasteiger partial charge on any atom is 0.248 e. The normalized spacial score (nSPS) is 14.7. The summed E-state index contributed by atoms with van der Waals surface area (Å²) >= 11 is 7.30. The first-order valence-electron chi connectivity index (χ1n) is 3.69. The van der Waals surface area contributed by atoms with Crippen LogP contribution in [0.2, 0.25) is 5.02 Å². The molecule has 0 saturated carbocycles. The Hall–Kier alpha value is -0.930. The van der Waals surface area contributed by atoms with Crippen molar-refractivity contribution in [1.82, 2.24) is 0 Å². The fourth-order valence-corrected chi connectivity index (χ4v) is 2.06. The minimum Gasteiger partial charge on any atom is -0.321 e. The van der Waals surface area contributed by atoms with Crippen LogP contribution in [0.4, 0.5) is 5.69 Å². The Labute approximate surface area is 85.0 Å². The predicted molar refractivity (Wildman–Crippen MR) is 55.1 cm³/mol. The first kappa shape index (κ1) is 8.66. The van der Waals surface area contributed by atoms with Gasteiger partial charge >= 0.3 is 0 Å². The van der Waals surface area contributed by atoms with E-state index in [1.54, 1.807) is 17.5 Å². The van der Waals surface area contributed by atoms with Gasteiger partial charge in [-0.2, -0.15) is 0 Å². The molecule has 1 N–H and O–H groups in total. The molecule has 0 aromatic heterocycles. The van der Waals surface area contributed by atoms with Crippen molar-refractivity contribution in [3.63, 3.8) is 0 Å². The van der Waals surface area contributed by atoms with E-state index in [-0.39, 0.29) is 5.91 Å². The SMILES string of the molecule is O=C1C=CSc2cc(Cl)ccc2N1. The highest BCUT2D eigenvalue weighted by Crippen LogP contribution is 2.32. The number of hydrogen-bond donors (Lipinski definition) is 1. The van der Waals surface area contributed by atoms with Crippen molar-refractivity contribution in [3.05, 3.63) is 34.7 Å². The van der Waals surface area contributed by atoms with Crippen molar-refractivity contribution in [2.75, 3.05) is 5.32 Å². The summed E-state index contributed by atoms with van der Waals surface area (Å²) in [6, 6.07) is 5.39. The minimum absolute atomic E-state index is 0.103. The predicted octanol–water partition coefficient (Wildman–Crippen LogP) is 2.90. The Kier molecular flexibility index (Phi) is 2.29. The van der Waals surface area contributed by atoms with Crippen molar-refractivity contribution in [1.29, 1.82) is 0 Å². The second-order valence-corrected chi connectivity index (χ2v) is 3.93. The lowest BCUT2D eigenvalue weighted by Gasteiger charge is -2.04. The summed E-state index contributed by atoms with van der Waals surface area (Å²) in [6.45, 7) is 0. The molecule has 1 aliphatic heterocycles. The smallest absolute Gasteiger partial charge is 0.248 e. The molecule has 1 aliphatic rings. The van der Waals surface area contributed by atoms with E-state index in [1.165, 1.54) is 17.8 Å². The standard InChI is InChI=1S/C9H6ClNOS/c10-6-1-2-7-8(5-6)13-4-3-9(12)11-7/h1-5H,(H,11,12). The average Bonchev–Trinajstić information content (AvgIpc) is 2.25. The van der Waals surface area contributed by atoms with Crippen LogP contribution in [0.5, 0.6) is 0 Å². The summed E-state index contributed by atoms with van der Waals surface area (Å²) in [5.41, 5.74) is 0.810. The molecule has 2 nitrogen and oxygen atoms in total. The molecule has 4 heteroatoms. The molecule has 0 aliphatic carbocycles. The molecule has 0 unspecified atom stereocenters. The number of amides is 1. The molecule has 0 radical (unpaired) electrons. The number of carbonyl (C=O) groups excluding carboxylic acids is 1. The van der Waals surface area contributed by atoms with Crippen LogP contribution in [0, 0.1) is 0 Å². The second kappa shape index (κ2) is 3.44. The van der Waals surface area contributed by atoms with Gasteiger partial charge in [0.2, 0.25) is 5.91 Å². The zero-order valence-corrected chi connectivity index (χ0v) is 8.15. The molecule has 0 bridgehead atoms. The lowest BCUT2D eigenvalue weighted by atomic mass is 10.3. The lowest BCUT2D eigenvalue weighted by Crippen LogP contribution is -2.06. The topological polar surface area (TPSA) is 29.1 Å². The molecular weight excluding hydrogens is 206 g/mol. The third-order valence-electron chi connectivity index (χ3n) is 1.62. The van der Waals surface area contributed by atoms with Gasteiger partial charge in [0.05, 0.1) is 5.69 Å². The molecule has 0 fully saturated rings. The van der Waals surface area contributed by atoms with Gasteiger partial charge in [0.15, 0.2) is 0 Å². The van der Waals surface area contributed by atoms with Gasteiger partial charge in [-0.3, -0.25) is 4.79 Å². The number of halogens is 1. The highest BCUT2D eigenvalue weighted by Gasteiger charge is 2.08. The Morgan fingerprint density at radius 3 is 3.08 bits per heavy atom. The van der Waals surface area contributed by atoms with E-state index >= 15 is 0 Å². The van der Waals surface area contributed by atoms with E-state index in [0.717, 1.165) is 10.6 Å². The molecule has 0 spiro atoms. The minimum atomic E-state index is -0.103. The number of rotatable bonds is 0. The van der Waals surface area contributed by atoms with Gasteiger partial charge < -0.3 is 5.32 Å².